The Labute approximate surface area is 227 Å². The zero-order chi connectivity index (χ0) is 27.4. The molecular formula is C30H30ClNO6. The molecule has 3 aromatic rings. The Kier molecular flexibility index (Phi) is 8.27. The number of hydrogen-bond acceptors (Lipinski definition) is 6. The number of halogens is 1. The Bertz CT molecular complexity index is 1380. The van der Waals surface area contributed by atoms with Crippen LogP contribution < -0.4 is 19.1 Å². The average Bonchev–Trinajstić information content (AvgIpc) is 3.17. The summed E-state index contributed by atoms with van der Waals surface area (Å²) in [6.07, 6.45) is 0. The van der Waals surface area contributed by atoms with Gasteiger partial charge in [-0.25, -0.2) is 0 Å². The number of amides is 1. The first-order valence-electron chi connectivity index (χ1n) is 12.4. The molecule has 4 rings (SSSR count). The second kappa shape index (κ2) is 11.6. The second-order valence-electron chi connectivity index (χ2n) is 9.22. The van der Waals surface area contributed by atoms with Gasteiger partial charge in [0.05, 0.1) is 31.9 Å². The molecule has 198 valence electrons. The standard InChI is InChI=1S/C30H30ClNO6/c1-5-37-25-15-19(12-13-24(25)36-4)27-26(28(33)20-8-6-11-23(14-20)38-17-18(2)3)29(34)30(35)32(27)22-10-7-9-21(31)16-22/h6-16,18,27,33H,5,17H2,1-4H3/b28-26-. The number of hydrogen-bond donors (Lipinski definition) is 1. The van der Waals surface area contributed by atoms with E-state index in [2.05, 4.69) is 0 Å². The fourth-order valence-electron chi connectivity index (χ4n) is 4.32. The summed E-state index contributed by atoms with van der Waals surface area (Å²) in [6, 6.07) is 17.7. The summed E-state index contributed by atoms with van der Waals surface area (Å²) in [7, 11) is 1.53. The van der Waals surface area contributed by atoms with Gasteiger partial charge in [0.1, 0.15) is 11.5 Å². The number of carbonyl (C=O) groups is 2. The minimum absolute atomic E-state index is 0.0522. The molecule has 1 N–H and O–H groups in total. The van der Waals surface area contributed by atoms with Gasteiger partial charge in [-0.1, -0.05) is 49.7 Å². The van der Waals surface area contributed by atoms with E-state index in [1.54, 1.807) is 66.7 Å². The molecule has 1 heterocycles. The van der Waals surface area contributed by atoms with Gasteiger partial charge in [0, 0.05) is 16.3 Å². The van der Waals surface area contributed by atoms with Crippen LogP contribution in [0.3, 0.4) is 0 Å². The lowest BCUT2D eigenvalue weighted by molar-refractivity contribution is -0.132. The van der Waals surface area contributed by atoms with Crippen molar-refractivity contribution in [1.29, 1.82) is 0 Å². The quantitative estimate of drug-likeness (QED) is 0.194. The Hall–Kier alpha value is -3.97. The number of carbonyl (C=O) groups excluding carboxylic acids is 2. The van der Waals surface area contributed by atoms with Crippen LogP contribution in [-0.2, 0) is 9.59 Å². The SMILES string of the molecule is CCOc1cc(C2/C(=C(/O)c3cccc(OCC(C)C)c3)C(=O)C(=O)N2c2cccc(Cl)c2)ccc1OC. The van der Waals surface area contributed by atoms with Crippen molar-refractivity contribution in [3.8, 4) is 17.2 Å². The minimum atomic E-state index is -0.946. The molecule has 0 bridgehead atoms. The van der Waals surface area contributed by atoms with Crippen LogP contribution >= 0.6 is 11.6 Å². The van der Waals surface area contributed by atoms with E-state index in [0.29, 0.717) is 58.2 Å². The molecule has 0 aromatic heterocycles. The number of Topliss-reactive ketones (excluding diaryl/α,β-unsaturated/α-hetero) is 1. The number of benzene rings is 3. The molecule has 0 saturated carbocycles. The molecule has 0 spiro atoms. The van der Waals surface area contributed by atoms with Crippen molar-refractivity contribution < 1.29 is 28.9 Å². The van der Waals surface area contributed by atoms with Gasteiger partial charge in [-0.3, -0.25) is 14.5 Å². The number of nitrogens with zero attached hydrogens (tertiary/aromatic N) is 1. The number of rotatable bonds is 9. The van der Waals surface area contributed by atoms with Crippen molar-refractivity contribution in [1.82, 2.24) is 0 Å². The molecule has 0 radical (unpaired) electrons. The molecule has 1 fully saturated rings. The molecule has 1 amide bonds. The third-order valence-corrected chi connectivity index (χ3v) is 6.26. The Morgan fingerprint density at radius 3 is 2.45 bits per heavy atom. The van der Waals surface area contributed by atoms with Crippen LogP contribution in [0.2, 0.25) is 5.02 Å². The van der Waals surface area contributed by atoms with Crippen molar-refractivity contribution in [2.24, 2.45) is 5.92 Å². The van der Waals surface area contributed by atoms with Crippen molar-refractivity contribution in [2.75, 3.05) is 25.2 Å². The van der Waals surface area contributed by atoms with Gasteiger partial charge in [-0.15, -0.1) is 0 Å². The van der Waals surface area contributed by atoms with E-state index in [1.165, 1.54) is 12.0 Å². The number of methoxy groups -OCH3 is 1. The van der Waals surface area contributed by atoms with Gasteiger partial charge in [0.2, 0.25) is 0 Å². The van der Waals surface area contributed by atoms with Gasteiger partial charge >= 0.3 is 0 Å². The number of ketones is 1. The number of ether oxygens (including phenoxy) is 3. The highest BCUT2D eigenvalue weighted by Crippen LogP contribution is 2.44. The van der Waals surface area contributed by atoms with E-state index in [1.807, 2.05) is 20.8 Å². The fourth-order valence-corrected chi connectivity index (χ4v) is 4.51. The maximum atomic E-state index is 13.5. The zero-order valence-corrected chi connectivity index (χ0v) is 22.5. The zero-order valence-electron chi connectivity index (χ0n) is 21.7. The van der Waals surface area contributed by atoms with Crippen LogP contribution in [0.25, 0.3) is 5.76 Å². The van der Waals surface area contributed by atoms with Crippen molar-refractivity contribution >= 4 is 34.7 Å². The first kappa shape index (κ1) is 27.1. The van der Waals surface area contributed by atoms with Gasteiger partial charge in [-0.05, 0) is 60.9 Å². The summed E-state index contributed by atoms with van der Waals surface area (Å²) in [6.45, 7) is 6.80. The van der Waals surface area contributed by atoms with Crippen molar-refractivity contribution in [3.63, 3.8) is 0 Å². The molecule has 1 saturated heterocycles. The maximum Gasteiger partial charge on any atom is 0.300 e. The molecule has 1 aliphatic heterocycles. The first-order valence-corrected chi connectivity index (χ1v) is 12.7. The van der Waals surface area contributed by atoms with Crippen LogP contribution in [0.4, 0.5) is 5.69 Å². The number of aliphatic hydroxyl groups is 1. The van der Waals surface area contributed by atoms with E-state index < -0.39 is 17.7 Å². The van der Waals surface area contributed by atoms with E-state index in [9.17, 15) is 14.7 Å². The predicted molar refractivity (Wildman–Crippen MR) is 147 cm³/mol. The Morgan fingerprint density at radius 2 is 1.76 bits per heavy atom. The maximum absolute atomic E-state index is 13.5. The summed E-state index contributed by atoms with van der Waals surface area (Å²) in [5, 5.41) is 11.9. The fraction of sp³-hybridized carbons (Fsp3) is 0.267. The summed E-state index contributed by atoms with van der Waals surface area (Å²) < 4.78 is 17.0. The monoisotopic (exact) mass is 535 g/mol. The molecule has 1 atom stereocenters. The van der Waals surface area contributed by atoms with E-state index in [0.717, 1.165) is 0 Å². The number of anilines is 1. The predicted octanol–water partition coefficient (Wildman–Crippen LogP) is 6.41. The van der Waals surface area contributed by atoms with E-state index in [4.69, 9.17) is 25.8 Å². The Morgan fingerprint density at radius 1 is 1.00 bits per heavy atom. The lowest BCUT2D eigenvalue weighted by Crippen LogP contribution is -2.29. The third-order valence-electron chi connectivity index (χ3n) is 6.02. The lowest BCUT2D eigenvalue weighted by Gasteiger charge is -2.26. The van der Waals surface area contributed by atoms with Gasteiger partial charge < -0.3 is 19.3 Å². The van der Waals surface area contributed by atoms with Crippen molar-refractivity contribution in [3.05, 3.63) is 88.5 Å². The van der Waals surface area contributed by atoms with E-state index in [-0.39, 0.29) is 11.3 Å². The molecule has 1 unspecified atom stereocenters. The molecule has 0 aliphatic carbocycles. The van der Waals surface area contributed by atoms with Crippen LogP contribution in [0.1, 0.15) is 37.9 Å². The summed E-state index contributed by atoms with van der Waals surface area (Å²) in [5.41, 5.74) is 1.29. The first-order chi connectivity index (χ1) is 18.2. The highest BCUT2D eigenvalue weighted by Gasteiger charge is 2.47. The van der Waals surface area contributed by atoms with Crippen LogP contribution in [0, 0.1) is 5.92 Å². The van der Waals surface area contributed by atoms with Crippen molar-refractivity contribution in [2.45, 2.75) is 26.8 Å². The van der Waals surface area contributed by atoms with Gasteiger partial charge in [0.15, 0.2) is 11.5 Å². The topological polar surface area (TPSA) is 85.3 Å². The molecular weight excluding hydrogens is 506 g/mol. The smallest absolute Gasteiger partial charge is 0.300 e. The molecule has 8 heteroatoms. The average molecular weight is 536 g/mol. The number of aliphatic hydroxyl groups excluding tert-OH is 1. The van der Waals surface area contributed by atoms with Crippen LogP contribution in [-0.4, -0.2) is 37.1 Å². The Balaban J connectivity index is 1.91. The highest BCUT2D eigenvalue weighted by atomic mass is 35.5. The van der Waals surface area contributed by atoms with Gasteiger partial charge in [-0.2, -0.15) is 0 Å². The summed E-state index contributed by atoms with van der Waals surface area (Å²) in [4.78, 5) is 28.3. The van der Waals surface area contributed by atoms with E-state index >= 15 is 0 Å². The van der Waals surface area contributed by atoms with Crippen LogP contribution in [0.15, 0.2) is 72.3 Å². The summed E-state index contributed by atoms with van der Waals surface area (Å²) >= 11 is 6.24. The molecule has 38 heavy (non-hydrogen) atoms. The third kappa shape index (κ3) is 5.48. The minimum Gasteiger partial charge on any atom is -0.507 e. The molecule has 7 nitrogen and oxygen atoms in total. The lowest BCUT2D eigenvalue weighted by atomic mass is 9.94. The normalized spacial score (nSPS) is 16.7. The highest BCUT2D eigenvalue weighted by molar-refractivity contribution is 6.51. The summed E-state index contributed by atoms with van der Waals surface area (Å²) in [5.74, 6) is -0.0777. The molecule has 1 aliphatic rings. The molecule has 3 aromatic carbocycles. The van der Waals surface area contributed by atoms with Gasteiger partial charge in [0.25, 0.3) is 11.7 Å². The second-order valence-corrected chi connectivity index (χ2v) is 9.66. The van der Waals surface area contributed by atoms with Crippen LogP contribution in [0.5, 0.6) is 17.2 Å². The largest absolute Gasteiger partial charge is 0.507 e.